The number of hydrogen-bond acceptors (Lipinski definition) is 3. The van der Waals surface area contributed by atoms with Gasteiger partial charge in [0.1, 0.15) is 0 Å². The average molecular weight is 446 g/mol. The van der Waals surface area contributed by atoms with Crippen LogP contribution in [-0.4, -0.2) is 43.6 Å². The molecule has 0 aromatic heterocycles. The van der Waals surface area contributed by atoms with E-state index in [0.717, 1.165) is 19.5 Å². The van der Waals surface area contributed by atoms with Crippen molar-refractivity contribution in [1.29, 1.82) is 0 Å². The first-order chi connectivity index (χ1) is 15.5. The fourth-order valence-electron chi connectivity index (χ4n) is 5.19. The van der Waals surface area contributed by atoms with Crippen LogP contribution in [0.5, 0.6) is 0 Å². The molecule has 1 aliphatic rings. The molecule has 1 saturated heterocycles. The van der Waals surface area contributed by atoms with Gasteiger partial charge in [0.05, 0.1) is 18.8 Å². The minimum Gasteiger partial charge on any atom is -0.403 e. The summed E-state index contributed by atoms with van der Waals surface area (Å²) in [5.41, 5.74) is 1.28. The van der Waals surface area contributed by atoms with Crippen LogP contribution in [0.3, 0.4) is 0 Å². The average Bonchev–Trinajstić information content (AvgIpc) is 3.19. The lowest BCUT2D eigenvalue weighted by molar-refractivity contribution is 0.0763. The van der Waals surface area contributed by atoms with Crippen LogP contribution in [0.4, 0.5) is 0 Å². The highest BCUT2D eigenvalue weighted by Crippen LogP contribution is 2.39. The van der Waals surface area contributed by atoms with Crippen LogP contribution in [0, 0.1) is 0 Å². The van der Waals surface area contributed by atoms with E-state index in [1.54, 1.807) is 0 Å². The Bertz CT molecular complexity index is 933. The van der Waals surface area contributed by atoms with Crippen LogP contribution in [0.1, 0.15) is 32.8 Å². The molecule has 0 aliphatic carbocycles. The van der Waals surface area contributed by atoms with Gasteiger partial charge in [0.25, 0.3) is 8.32 Å². The number of aliphatic hydroxyl groups excluding tert-OH is 1. The molecule has 1 N–H and O–H groups in total. The Kier molecular flexibility index (Phi) is 6.96. The molecule has 0 saturated carbocycles. The smallest absolute Gasteiger partial charge is 0.261 e. The largest absolute Gasteiger partial charge is 0.403 e. The van der Waals surface area contributed by atoms with Crippen molar-refractivity contribution in [3.8, 4) is 0 Å². The fraction of sp³-hybridized carbons (Fsp3) is 0.357. The molecule has 1 heterocycles. The van der Waals surface area contributed by atoms with Gasteiger partial charge < -0.3 is 9.53 Å². The van der Waals surface area contributed by atoms with Gasteiger partial charge in [0.2, 0.25) is 0 Å². The number of benzene rings is 3. The minimum atomic E-state index is -2.63. The molecule has 0 bridgehead atoms. The van der Waals surface area contributed by atoms with E-state index >= 15 is 0 Å². The Morgan fingerprint density at radius 3 is 1.81 bits per heavy atom. The molecule has 3 aromatic rings. The van der Waals surface area contributed by atoms with E-state index < -0.39 is 8.32 Å². The fourth-order valence-corrected chi connectivity index (χ4v) is 9.93. The number of nitrogens with zero attached hydrogens (tertiary/aromatic N) is 1. The maximum absolute atomic E-state index is 10.4. The zero-order valence-electron chi connectivity index (χ0n) is 19.4. The highest BCUT2D eigenvalue weighted by atomic mass is 28.4. The monoisotopic (exact) mass is 445 g/mol. The van der Waals surface area contributed by atoms with Crippen LogP contribution < -0.4 is 10.4 Å². The summed E-state index contributed by atoms with van der Waals surface area (Å²) >= 11 is 0. The molecule has 0 unspecified atom stereocenters. The zero-order valence-corrected chi connectivity index (χ0v) is 20.4. The van der Waals surface area contributed by atoms with E-state index in [1.807, 2.05) is 6.07 Å². The molecule has 0 amide bonds. The van der Waals surface area contributed by atoms with Gasteiger partial charge in [0.15, 0.2) is 0 Å². The minimum absolute atomic E-state index is 0.00291. The van der Waals surface area contributed by atoms with E-state index in [-0.39, 0.29) is 23.8 Å². The molecule has 4 heteroatoms. The van der Waals surface area contributed by atoms with Crippen LogP contribution >= 0.6 is 0 Å². The van der Waals surface area contributed by atoms with Crippen LogP contribution in [-0.2, 0) is 11.0 Å². The number of aliphatic hydroxyl groups is 1. The first-order valence-electron chi connectivity index (χ1n) is 11.6. The van der Waals surface area contributed by atoms with Gasteiger partial charge in [0, 0.05) is 13.1 Å². The van der Waals surface area contributed by atoms with E-state index in [2.05, 4.69) is 111 Å². The topological polar surface area (TPSA) is 32.7 Å². The summed E-state index contributed by atoms with van der Waals surface area (Å²) in [5.74, 6) is 0. The molecule has 3 nitrogen and oxygen atoms in total. The van der Waals surface area contributed by atoms with Crippen LogP contribution in [0.25, 0.3) is 0 Å². The number of likely N-dealkylation sites (tertiary alicyclic amines) is 1. The predicted molar refractivity (Wildman–Crippen MR) is 135 cm³/mol. The summed E-state index contributed by atoms with van der Waals surface area (Å²) in [6, 6.07) is 32.1. The Balaban J connectivity index is 1.71. The van der Waals surface area contributed by atoms with Gasteiger partial charge in [-0.3, -0.25) is 4.90 Å². The lowest BCUT2D eigenvalue weighted by Gasteiger charge is -2.45. The molecular weight excluding hydrogens is 410 g/mol. The molecule has 0 radical (unpaired) electrons. The van der Waals surface area contributed by atoms with Crippen molar-refractivity contribution in [1.82, 2.24) is 4.90 Å². The second-order valence-electron chi connectivity index (χ2n) is 9.81. The van der Waals surface area contributed by atoms with E-state index in [9.17, 15) is 5.11 Å². The third kappa shape index (κ3) is 4.46. The maximum Gasteiger partial charge on any atom is 0.261 e. The van der Waals surface area contributed by atoms with Crippen molar-refractivity contribution >= 4 is 18.7 Å². The SMILES string of the molecule is CC(C)(C)[Si](O[C@H]1CCN(Cc2ccccc2)[C@@H]1CO)(c1ccccc1)c1ccccc1. The Morgan fingerprint density at radius 2 is 1.34 bits per heavy atom. The van der Waals surface area contributed by atoms with Crippen molar-refractivity contribution in [3.05, 3.63) is 96.6 Å². The van der Waals surface area contributed by atoms with Crippen molar-refractivity contribution in [2.24, 2.45) is 0 Å². The molecule has 32 heavy (non-hydrogen) atoms. The summed E-state index contributed by atoms with van der Waals surface area (Å²) in [5, 5.41) is 12.9. The second-order valence-corrected chi connectivity index (χ2v) is 14.1. The Morgan fingerprint density at radius 1 is 0.844 bits per heavy atom. The normalized spacial score (nSPS) is 19.9. The molecule has 1 fully saturated rings. The number of rotatable bonds is 7. The molecule has 0 spiro atoms. The summed E-state index contributed by atoms with van der Waals surface area (Å²) in [7, 11) is -2.63. The van der Waals surface area contributed by atoms with Gasteiger partial charge in [-0.05, 0) is 27.4 Å². The van der Waals surface area contributed by atoms with Gasteiger partial charge in [-0.1, -0.05) is 112 Å². The first kappa shape index (κ1) is 22.9. The zero-order chi connectivity index (χ0) is 22.6. The van der Waals surface area contributed by atoms with Gasteiger partial charge in [-0.15, -0.1) is 0 Å². The highest BCUT2D eigenvalue weighted by Gasteiger charge is 2.53. The van der Waals surface area contributed by atoms with E-state index in [4.69, 9.17) is 4.43 Å². The van der Waals surface area contributed by atoms with Crippen molar-refractivity contribution in [3.63, 3.8) is 0 Å². The molecule has 4 rings (SSSR count). The summed E-state index contributed by atoms with van der Waals surface area (Å²) in [4.78, 5) is 2.39. The third-order valence-corrected chi connectivity index (χ3v) is 11.8. The van der Waals surface area contributed by atoms with Gasteiger partial charge in [-0.25, -0.2) is 0 Å². The lowest BCUT2D eigenvalue weighted by Crippen LogP contribution is -2.68. The van der Waals surface area contributed by atoms with E-state index in [0.29, 0.717) is 0 Å². The summed E-state index contributed by atoms with van der Waals surface area (Å²) in [6.07, 6.45) is 0.928. The van der Waals surface area contributed by atoms with Crippen molar-refractivity contribution < 1.29 is 9.53 Å². The Hall–Kier alpha value is -2.24. The van der Waals surface area contributed by atoms with Gasteiger partial charge >= 0.3 is 0 Å². The lowest BCUT2D eigenvalue weighted by atomic mass is 10.1. The predicted octanol–water partition coefficient (Wildman–Crippen LogP) is 4.20. The molecule has 2 atom stereocenters. The quantitative estimate of drug-likeness (QED) is 0.553. The van der Waals surface area contributed by atoms with Crippen molar-refractivity contribution in [2.45, 2.75) is 50.9 Å². The first-order valence-corrected chi connectivity index (χ1v) is 13.5. The molecular formula is C28H35NO2Si. The molecule has 1 aliphatic heterocycles. The van der Waals surface area contributed by atoms with Crippen LogP contribution in [0.15, 0.2) is 91.0 Å². The maximum atomic E-state index is 10.4. The molecule has 3 aromatic carbocycles. The third-order valence-electron chi connectivity index (χ3n) is 6.76. The van der Waals surface area contributed by atoms with Crippen LogP contribution in [0.2, 0.25) is 5.04 Å². The van der Waals surface area contributed by atoms with Crippen molar-refractivity contribution in [2.75, 3.05) is 13.2 Å². The standard InChI is InChI=1S/C28H35NO2Si/c1-28(2,3)32(24-15-9-5-10-16-24,25-17-11-6-12-18-25)31-27-19-20-29(26(27)22-30)21-23-13-7-4-8-14-23/h4-18,26-27,30H,19-22H2,1-3H3/t26-,27+/m1/s1. The Labute approximate surface area is 193 Å². The highest BCUT2D eigenvalue weighted by molar-refractivity contribution is 6.99. The molecule has 168 valence electrons. The second kappa shape index (κ2) is 9.71. The van der Waals surface area contributed by atoms with Gasteiger partial charge in [-0.2, -0.15) is 0 Å². The van der Waals surface area contributed by atoms with E-state index in [1.165, 1.54) is 15.9 Å². The summed E-state index contributed by atoms with van der Waals surface area (Å²) < 4.78 is 7.34. The number of hydrogen-bond donors (Lipinski definition) is 1. The summed E-state index contributed by atoms with van der Waals surface area (Å²) in [6.45, 7) is 8.81.